The van der Waals surface area contributed by atoms with E-state index in [1.54, 1.807) is 6.07 Å². The van der Waals surface area contributed by atoms with Crippen LogP contribution in [0.4, 0.5) is 0 Å². The van der Waals surface area contributed by atoms with Crippen LogP contribution in [-0.2, 0) is 0 Å². The molecule has 0 radical (unpaired) electrons. The summed E-state index contributed by atoms with van der Waals surface area (Å²) in [6.07, 6.45) is 0.690. The van der Waals surface area contributed by atoms with Crippen molar-refractivity contribution in [1.82, 2.24) is 0 Å². The van der Waals surface area contributed by atoms with Crippen molar-refractivity contribution >= 4 is 28.3 Å². The molecule has 0 amide bonds. The van der Waals surface area contributed by atoms with Crippen LogP contribution in [0.2, 0.25) is 0 Å². The van der Waals surface area contributed by atoms with E-state index in [4.69, 9.17) is 5.73 Å². The normalized spacial score (nSPS) is 11.7. The van der Waals surface area contributed by atoms with Gasteiger partial charge < -0.3 is 10.8 Å². The number of phenols is 1. The standard InChI is InChI=1S/C11H14BrNO.ClH/c1-7(2)5-10(13)9-4-3-8(12)6-11(9)14;/h3-4,6,10,14H,1,5,13H2,2H3;1H/t10-;/m1./s1. The summed E-state index contributed by atoms with van der Waals surface area (Å²) in [6, 6.07) is 5.16. The molecule has 0 heterocycles. The second-order valence-electron chi connectivity index (χ2n) is 3.47. The van der Waals surface area contributed by atoms with Gasteiger partial charge in [0.15, 0.2) is 0 Å². The third-order valence-corrected chi connectivity index (χ3v) is 2.45. The minimum atomic E-state index is -0.180. The topological polar surface area (TPSA) is 46.2 Å². The zero-order valence-electron chi connectivity index (χ0n) is 8.53. The van der Waals surface area contributed by atoms with Gasteiger partial charge in [0.1, 0.15) is 5.75 Å². The molecule has 3 N–H and O–H groups in total. The van der Waals surface area contributed by atoms with Gasteiger partial charge in [0.25, 0.3) is 0 Å². The molecule has 0 aliphatic heterocycles. The van der Waals surface area contributed by atoms with Crippen LogP contribution in [0.15, 0.2) is 34.8 Å². The highest BCUT2D eigenvalue weighted by molar-refractivity contribution is 9.10. The fourth-order valence-electron chi connectivity index (χ4n) is 1.32. The zero-order valence-corrected chi connectivity index (χ0v) is 10.9. The second-order valence-corrected chi connectivity index (χ2v) is 4.39. The van der Waals surface area contributed by atoms with Crippen molar-refractivity contribution in [2.24, 2.45) is 5.73 Å². The minimum absolute atomic E-state index is 0. The van der Waals surface area contributed by atoms with E-state index < -0.39 is 0 Å². The lowest BCUT2D eigenvalue weighted by atomic mass is 10.0. The smallest absolute Gasteiger partial charge is 0.121 e. The third kappa shape index (κ3) is 4.24. The molecule has 0 bridgehead atoms. The first kappa shape index (κ1) is 14.5. The monoisotopic (exact) mass is 291 g/mol. The number of aromatic hydroxyl groups is 1. The molecule has 2 nitrogen and oxygen atoms in total. The van der Waals surface area contributed by atoms with Gasteiger partial charge in [-0.3, -0.25) is 0 Å². The Balaban J connectivity index is 0.00000196. The molecule has 0 aromatic heterocycles. The maximum atomic E-state index is 9.63. The average Bonchev–Trinajstić information content (AvgIpc) is 2.01. The van der Waals surface area contributed by atoms with E-state index in [1.165, 1.54) is 0 Å². The van der Waals surface area contributed by atoms with Crippen LogP contribution in [0.3, 0.4) is 0 Å². The van der Waals surface area contributed by atoms with Crippen LogP contribution in [0.1, 0.15) is 24.9 Å². The Morgan fingerprint density at radius 2 is 2.20 bits per heavy atom. The summed E-state index contributed by atoms with van der Waals surface area (Å²) >= 11 is 3.28. The Bertz CT molecular complexity index is 354. The Labute approximate surface area is 105 Å². The predicted octanol–water partition coefficient (Wildman–Crippen LogP) is 3.54. The van der Waals surface area contributed by atoms with Crippen molar-refractivity contribution in [3.63, 3.8) is 0 Å². The van der Waals surface area contributed by atoms with Crippen LogP contribution in [0.25, 0.3) is 0 Å². The molecule has 1 aromatic rings. The lowest BCUT2D eigenvalue weighted by Gasteiger charge is -2.13. The van der Waals surface area contributed by atoms with Crippen molar-refractivity contribution < 1.29 is 5.11 Å². The van der Waals surface area contributed by atoms with E-state index >= 15 is 0 Å². The molecular formula is C11H15BrClNO. The second kappa shape index (κ2) is 6.16. The van der Waals surface area contributed by atoms with E-state index in [0.29, 0.717) is 6.42 Å². The first-order valence-electron chi connectivity index (χ1n) is 4.39. The van der Waals surface area contributed by atoms with Crippen molar-refractivity contribution in [2.75, 3.05) is 0 Å². The molecule has 4 heteroatoms. The molecule has 0 saturated carbocycles. The molecule has 1 atom stereocenters. The summed E-state index contributed by atoms with van der Waals surface area (Å²) in [5.41, 5.74) is 7.68. The fourth-order valence-corrected chi connectivity index (χ4v) is 1.66. The van der Waals surface area contributed by atoms with Crippen LogP contribution in [-0.4, -0.2) is 5.11 Å². The van der Waals surface area contributed by atoms with Gasteiger partial charge in [-0.15, -0.1) is 19.0 Å². The van der Waals surface area contributed by atoms with Crippen LogP contribution >= 0.6 is 28.3 Å². The summed E-state index contributed by atoms with van der Waals surface area (Å²) < 4.78 is 0.848. The quantitative estimate of drug-likeness (QED) is 0.837. The number of nitrogens with two attached hydrogens (primary N) is 1. The highest BCUT2D eigenvalue weighted by Crippen LogP contribution is 2.29. The van der Waals surface area contributed by atoms with Crippen molar-refractivity contribution in [3.05, 3.63) is 40.4 Å². The Morgan fingerprint density at radius 1 is 1.60 bits per heavy atom. The first-order valence-corrected chi connectivity index (χ1v) is 5.18. The lowest BCUT2D eigenvalue weighted by Crippen LogP contribution is -2.10. The van der Waals surface area contributed by atoms with Gasteiger partial charge in [-0.1, -0.05) is 27.6 Å². The molecule has 0 unspecified atom stereocenters. The Hall–Kier alpha value is -0.510. The molecule has 0 aliphatic carbocycles. The Morgan fingerprint density at radius 3 is 2.67 bits per heavy atom. The number of hydrogen-bond acceptors (Lipinski definition) is 2. The molecule has 1 rings (SSSR count). The molecule has 0 spiro atoms. The third-order valence-electron chi connectivity index (χ3n) is 1.96. The maximum Gasteiger partial charge on any atom is 0.121 e. The molecule has 1 aromatic carbocycles. The van der Waals surface area contributed by atoms with Crippen molar-refractivity contribution in [3.8, 4) is 5.75 Å². The average molecular weight is 293 g/mol. The molecule has 0 aliphatic rings. The van der Waals surface area contributed by atoms with E-state index in [2.05, 4.69) is 22.5 Å². The maximum absolute atomic E-state index is 9.63. The summed E-state index contributed by atoms with van der Waals surface area (Å²) in [5.74, 6) is 0.230. The number of halogens is 2. The number of phenolic OH excluding ortho intramolecular Hbond substituents is 1. The van der Waals surface area contributed by atoms with Gasteiger partial charge in [0.05, 0.1) is 0 Å². The van der Waals surface area contributed by atoms with Gasteiger partial charge in [-0.05, 0) is 25.5 Å². The van der Waals surface area contributed by atoms with Crippen molar-refractivity contribution in [2.45, 2.75) is 19.4 Å². The Kier molecular flexibility index (Phi) is 5.95. The molecule has 15 heavy (non-hydrogen) atoms. The predicted molar refractivity (Wildman–Crippen MR) is 69.4 cm³/mol. The number of benzene rings is 1. The van der Waals surface area contributed by atoms with Gasteiger partial charge >= 0.3 is 0 Å². The summed E-state index contributed by atoms with van der Waals surface area (Å²) in [7, 11) is 0. The highest BCUT2D eigenvalue weighted by atomic mass is 79.9. The summed E-state index contributed by atoms with van der Waals surface area (Å²) in [6.45, 7) is 5.72. The van der Waals surface area contributed by atoms with E-state index in [-0.39, 0.29) is 24.2 Å². The van der Waals surface area contributed by atoms with Gasteiger partial charge in [0.2, 0.25) is 0 Å². The molecule has 0 fully saturated rings. The molecule has 84 valence electrons. The van der Waals surface area contributed by atoms with Gasteiger partial charge in [-0.25, -0.2) is 0 Å². The van der Waals surface area contributed by atoms with Gasteiger partial charge in [-0.2, -0.15) is 0 Å². The number of rotatable bonds is 3. The minimum Gasteiger partial charge on any atom is -0.508 e. The van der Waals surface area contributed by atoms with Crippen LogP contribution in [0, 0.1) is 0 Å². The first-order chi connectivity index (χ1) is 6.50. The molecule has 0 saturated heterocycles. The highest BCUT2D eigenvalue weighted by Gasteiger charge is 2.10. The zero-order chi connectivity index (χ0) is 10.7. The van der Waals surface area contributed by atoms with Gasteiger partial charge in [0, 0.05) is 16.1 Å². The lowest BCUT2D eigenvalue weighted by molar-refractivity contribution is 0.460. The number of hydrogen-bond donors (Lipinski definition) is 2. The van der Waals surface area contributed by atoms with Crippen molar-refractivity contribution in [1.29, 1.82) is 0 Å². The van der Waals surface area contributed by atoms with E-state index in [0.717, 1.165) is 15.6 Å². The SMILES string of the molecule is C=C(C)C[C@@H](N)c1ccc(Br)cc1O.Cl. The fraction of sp³-hybridized carbons (Fsp3) is 0.273. The van der Waals surface area contributed by atoms with E-state index in [9.17, 15) is 5.11 Å². The van der Waals surface area contributed by atoms with Crippen LogP contribution in [0.5, 0.6) is 5.75 Å². The van der Waals surface area contributed by atoms with E-state index in [1.807, 2.05) is 19.1 Å². The summed E-state index contributed by atoms with van der Waals surface area (Å²) in [5, 5.41) is 9.63. The summed E-state index contributed by atoms with van der Waals surface area (Å²) in [4.78, 5) is 0. The largest absolute Gasteiger partial charge is 0.508 e. The molecular weight excluding hydrogens is 277 g/mol. The van der Waals surface area contributed by atoms with Crippen LogP contribution < -0.4 is 5.73 Å².